The van der Waals surface area contributed by atoms with Crippen LogP contribution in [0.15, 0.2) is 6.07 Å². The summed E-state index contributed by atoms with van der Waals surface area (Å²) in [6.07, 6.45) is 0.904. The fourth-order valence-corrected chi connectivity index (χ4v) is 2.47. The Bertz CT molecular complexity index is 511. The zero-order valence-electron chi connectivity index (χ0n) is 14.1. The molecular formula is C16H27N5O. The van der Waals surface area contributed by atoms with Crippen molar-refractivity contribution in [2.75, 3.05) is 37.6 Å². The minimum absolute atomic E-state index is 0.117. The molecule has 6 nitrogen and oxygen atoms in total. The number of anilines is 1. The number of aryl methyl sites for hydroxylation is 1. The van der Waals surface area contributed by atoms with Gasteiger partial charge < -0.3 is 15.1 Å². The summed E-state index contributed by atoms with van der Waals surface area (Å²) in [6.45, 7) is 13.1. The van der Waals surface area contributed by atoms with Crippen LogP contribution in [0.5, 0.6) is 0 Å². The molecule has 1 aliphatic heterocycles. The van der Waals surface area contributed by atoms with Gasteiger partial charge in [-0.15, -0.1) is 0 Å². The zero-order valence-corrected chi connectivity index (χ0v) is 14.1. The molecule has 1 atom stereocenters. The highest BCUT2D eigenvalue weighted by Crippen LogP contribution is 2.13. The van der Waals surface area contributed by atoms with E-state index < -0.39 is 0 Å². The summed E-state index contributed by atoms with van der Waals surface area (Å²) in [6, 6.07) is 1.91. The molecule has 0 spiro atoms. The van der Waals surface area contributed by atoms with E-state index in [2.05, 4.69) is 38.9 Å². The van der Waals surface area contributed by atoms with Gasteiger partial charge in [-0.05, 0) is 32.9 Å². The van der Waals surface area contributed by atoms with Gasteiger partial charge in [-0.25, -0.2) is 9.97 Å². The summed E-state index contributed by atoms with van der Waals surface area (Å²) in [5.41, 5.74) is 1.29. The van der Waals surface area contributed by atoms with E-state index in [-0.39, 0.29) is 11.9 Å². The Morgan fingerprint density at radius 1 is 1.27 bits per heavy atom. The van der Waals surface area contributed by atoms with E-state index >= 15 is 0 Å². The van der Waals surface area contributed by atoms with Crippen LogP contribution in [0, 0.1) is 6.92 Å². The van der Waals surface area contributed by atoms with E-state index in [1.54, 1.807) is 6.07 Å². The van der Waals surface area contributed by atoms with E-state index in [1.165, 1.54) is 0 Å². The van der Waals surface area contributed by atoms with Crippen molar-refractivity contribution in [1.82, 2.24) is 20.2 Å². The Balaban J connectivity index is 2.11. The highest BCUT2D eigenvalue weighted by Gasteiger charge is 2.20. The Morgan fingerprint density at radius 3 is 2.55 bits per heavy atom. The summed E-state index contributed by atoms with van der Waals surface area (Å²) in [7, 11) is 0. The molecule has 122 valence electrons. The molecule has 2 heterocycles. The average Bonchev–Trinajstić information content (AvgIpc) is 2.54. The lowest BCUT2D eigenvalue weighted by Gasteiger charge is -2.34. The van der Waals surface area contributed by atoms with E-state index in [0.29, 0.717) is 11.6 Å². The SMILES string of the molecule is CCC(C)NC(=O)c1cc(C)nc(N2CCN(CC)CC2)n1. The molecule has 0 saturated carbocycles. The molecule has 1 aliphatic rings. The molecule has 0 aliphatic carbocycles. The summed E-state index contributed by atoms with van der Waals surface area (Å²) in [4.78, 5) is 25.8. The van der Waals surface area contributed by atoms with Gasteiger partial charge in [0.15, 0.2) is 0 Å². The Kier molecular flexibility index (Phi) is 5.71. The van der Waals surface area contributed by atoms with Gasteiger partial charge in [0.1, 0.15) is 5.69 Å². The maximum absolute atomic E-state index is 12.3. The third kappa shape index (κ3) is 4.16. The molecule has 2 rings (SSSR count). The first-order chi connectivity index (χ1) is 10.5. The largest absolute Gasteiger partial charge is 0.348 e. The number of amides is 1. The van der Waals surface area contributed by atoms with E-state index in [4.69, 9.17) is 0 Å². The van der Waals surface area contributed by atoms with Crippen LogP contribution in [0.1, 0.15) is 43.4 Å². The molecule has 1 amide bonds. The predicted molar refractivity (Wildman–Crippen MR) is 88.3 cm³/mol. The number of rotatable bonds is 5. The van der Waals surface area contributed by atoms with Crippen LogP contribution in [0.4, 0.5) is 5.95 Å². The number of carbonyl (C=O) groups is 1. The van der Waals surface area contributed by atoms with E-state index in [9.17, 15) is 4.79 Å². The standard InChI is InChI=1S/C16H27N5O/c1-5-12(3)17-15(22)14-11-13(4)18-16(19-14)21-9-7-20(6-2)8-10-21/h11-12H,5-10H2,1-4H3,(H,17,22). The Morgan fingerprint density at radius 2 is 1.95 bits per heavy atom. The molecule has 1 aromatic rings. The maximum Gasteiger partial charge on any atom is 0.270 e. The van der Waals surface area contributed by atoms with Gasteiger partial charge in [0.05, 0.1) is 0 Å². The van der Waals surface area contributed by atoms with Crippen LogP contribution in [0.3, 0.4) is 0 Å². The van der Waals surface area contributed by atoms with E-state index in [1.807, 2.05) is 13.8 Å². The molecule has 1 fully saturated rings. The zero-order chi connectivity index (χ0) is 16.1. The van der Waals surface area contributed by atoms with Crippen LogP contribution in [0.2, 0.25) is 0 Å². The summed E-state index contributed by atoms with van der Waals surface area (Å²) in [5, 5.41) is 2.96. The van der Waals surface area contributed by atoms with Crippen molar-refractivity contribution >= 4 is 11.9 Å². The molecule has 0 bridgehead atoms. The number of hydrogen-bond donors (Lipinski definition) is 1. The second kappa shape index (κ2) is 7.54. The normalized spacial score (nSPS) is 17.4. The second-order valence-corrected chi connectivity index (χ2v) is 5.90. The van der Waals surface area contributed by atoms with Gasteiger partial charge in [-0.3, -0.25) is 4.79 Å². The first-order valence-electron chi connectivity index (χ1n) is 8.17. The molecule has 1 N–H and O–H groups in total. The maximum atomic E-state index is 12.3. The van der Waals surface area contributed by atoms with Gasteiger partial charge in [-0.1, -0.05) is 13.8 Å². The van der Waals surface area contributed by atoms with Crippen molar-refractivity contribution in [2.24, 2.45) is 0 Å². The minimum Gasteiger partial charge on any atom is -0.348 e. The quantitative estimate of drug-likeness (QED) is 0.892. The number of carbonyl (C=O) groups excluding carboxylic acids is 1. The third-order valence-electron chi connectivity index (χ3n) is 4.17. The summed E-state index contributed by atoms with van der Waals surface area (Å²) in [5.74, 6) is 0.554. The van der Waals surface area contributed by atoms with Gasteiger partial charge in [0, 0.05) is 37.9 Å². The molecule has 22 heavy (non-hydrogen) atoms. The van der Waals surface area contributed by atoms with Crippen molar-refractivity contribution < 1.29 is 4.79 Å². The number of likely N-dealkylation sites (N-methyl/N-ethyl adjacent to an activating group) is 1. The van der Waals surface area contributed by atoms with Crippen molar-refractivity contribution in [3.05, 3.63) is 17.5 Å². The van der Waals surface area contributed by atoms with Gasteiger partial charge >= 0.3 is 0 Å². The molecule has 0 radical (unpaired) electrons. The molecule has 6 heteroatoms. The fourth-order valence-electron chi connectivity index (χ4n) is 2.47. The smallest absolute Gasteiger partial charge is 0.270 e. The lowest BCUT2D eigenvalue weighted by Crippen LogP contribution is -2.47. The van der Waals surface area contributed by atoms with Gasteiger partial charge in [-0.2, -0.15) is 0 Å². The Hall–Kier alpha value is -1.69. The lowest BCUT2D eigenvalue weighted by atomic mass is 10.2. The van der Waals surface area contributed by atoms with Crippen LogP contribution in [0.25, 0.3) is 0 Å². The number of aromatic nitrogens is 2. The lowest BCUT2D eigenvalue weighted by molar-refractivity contribution is 0.0934. The first-order valence-corrected chi connectivity index (χ1v) is 8.17. The predicted octanol–water partition coefficient (Wildman–Crippen LogP) is 1.46. The third-order valence-corrected chi connectivity index (χ3v) is 4.17. The summed E-state index contributed by atoms with van der Waals surface area (Å²) < 4.78 is 0. The Labute approximate surface area is 132 Å². The first kappa shape index (κ1) is 16.7. The molecule has 1 saturated heterocycles. The van der Waals surface area contributed by atoms with Crippen molar-refractivity contribution in [3.63, 3.8) is 0 Å². The average molecular weight is 305 g/mol. The second-order valence-electron chi connectivity index (χ2n) is 5.90. The molecule has 0 aromatic carbocycles. The molecule has 1 unspecified atom stereocenters. The van der Waals surface area contributed by atoms with Gasteiger partial charge in [0.2, 0.25) is 5.95 Å². The summed E-state index contributed by atoms with van der Waals surface area (Å²) >= 11 is 0. The monoisotopic (exact) mass is 305 g/mol. The number of nitrogens with zero attached hydrogens (tertiary/aromatic N) is 4. The number of hydrogen-bond acceptors (Lipinski definition) is 5. The van der Waals surface area contributed by atoms with Crippen LogP contribution >= 0.6 is 0 Å². The van der Waals surface area contributed by atoms with E-state index in [0.717, 1.165) is 44.8 Å². The highest BCUT2D eigenvalue weighted by atomic mass is 16.1. The van der Waals surface area contributed by atoms with Crippen LogP contribution in [-0.2, 0) is 0 Å². The fraction of sp³-hybridized carbons (Fsp3) is 0.688. The highest BCUT2D eigenvalue weighted by molar-refractivity contribution is 5.92. The number of piperazine rings is 1. The molecule has 1 aromatic heterocycles. The van der Waals surface area contributed by atoms with Crippen molar-refractivity contribution in [2.45, 2.75) is 40.2 Å². The minimum atomic E-state index is -0.117. The topological polar surface area (TPSA) is 61.4 Å². The van der Waals surface area contributed by atoms with Crippen LogP contribution < -0.4 is 10.2 Å². The number of nitrogens with one attached hydrogen (secondary N) is 1. The molecular weight excluding hydrogens is 278 g/mol. The van der Waals surface area contributed by atoms with Gasteiger partial charge in [0.25, 0.3) is 5.91 Å². The van der Waals surface area contributed by atoms with Crippen LogP contribution in [-0.4, -0.2) is 59.5 Å². The van der Waals surface area contributed by atoms with Crippen molar-refractivity contribution in [3.8, 4) is 0 Å². The van der Waals surface area contributed by atoms with Crippen molar-refractivity contribution in [1.29, 1.82) is 0 Å².